The molecule has 2 aliphatic heterocycles. The van der Waals surface area contributed by atoms with Crippen molar-refractivity contribution in [3.05, 3.63) is 0 Å². The highest BCUT2D eigenvalue weighted by molar-refractivity contribution is 4.92. The molecule has 2 saturated heterocycles. The van der Waals surface area contributed by atoms with Gasteiger partial charge in [0.05, 0.1) is 0 Å². The summed E-state index contributed by atoms with van der Waals surface area (Å²) in [5, 5.41) is 0. The van der Waals surface area contributed by atoms with Crippen LogP contribution in [-0.2, 0) is 0 Å². The van der Waals surface area contributed by atoms with Crippen LogP contribution >= 0.6 is 0 Å². The molecule has 2 aliphatic rings. The molecule has 0 aliphatic carbocycles. The topological polar surface area (TPSA) is 6.48 Å². The van der Waals surface area contributed by atoms with Gasteiger partial charge in [0.1, 0.15) is 0 Å². The van der Waals surface area contributed by atoms with E-state index < -0.39 is 0 Å². The van der Waals surface area contributed by atoms with Gasteiger partial charge in [0, 0.05) is 19.1 Å². The van der Waals surface area contributed by atoms with Gasteiger partial charge in [0.25, 0.3) is 0 Å². The molecular formula is C13H26N2. The highest BCUT2D eigenvalue weighted by Gasteiger charge is 2.39. The Labute approximate surface area is 94.6 Å². The Morgan fingerprint density at radius 2 is 1.53 bits per heavy atom. The average Bonchev–Trinajstić information content (AvgIpc) is 2.03. The summed E-state index contributed by atoms with van der Waals surface area (Å²) in [6.07, 6.45) is 2.76. The molecule has 0 spiro atoms. The van der Waals surface area contributed by atoms with Crippen molar-refractivity contribution < 1.29 is 0 Å². The first kappa shape index (κ1) is 11.4. The molecule has 2 heteroatoms. The molecule has 0 aromatic carbocycles. The predicted molar refractivity (Wildman–Crippen MR) is 65.0 cm³/mol. The van der Waals surface area contributed by atoms with Gasteiger partial charge in [-0.05, 0) is 44.3 Å². The maximum atomic E-state index is 2.71. The lowest BCUT2D eigenvalue weighted by Crippen LogP contribution is -2.58. The zero-order valence-electron chi connectivity index (χ0n) is 10.8. The largest absolute Gasteiger partial charge is 0.306 e. The first-order valence-corrected chi connectivity index (χ1v) is 6.39. The first-order chi connectivity index (χ1) is 6.97. The molecule has 0 bridgehead atoms. The van der Waals surface area contributed by atoms with E-state index in [9.17, 15) is 0 Å². The molecule has 15 heavy (non-hydrogen) atoms. The highest BCUT2D eigenvalue weighted by atomic mass is 15.2. The maximum Gasteiger partial charge on any atom is 0.0120 e. The Bertz CT molecular complexity index is 205. The predicted octanol–water partition coefficient (Wildman–Crippen LogP) is 2.06. The monoisotopic (exact) mass is 210 g/mol. The molecule has 0 aromatic heterocycles. The molecule has 0 radical (unpaired) electrons. The fourth-order valence-corrected chi connectivity index (χ4v) is 2.72. The van der Waals surface area contributed by atoms with Gasteiger partial charge in [0.15, 0.2) is 0 Å². The number of nitrogens with zero attached hydrogens (tertiary/aromatic N) is 2. The van der Waals surface area contributed by atoms with E-state index >= 15 is 0 Å². The highest BCUT2D eigenvalue weighted by Crippen LogP contribution is 2.36. The number of hydrogen-bond donors (Lipinski definition) is 0. The number of likely N-dealkylation sites (tertiary alicyclic amines) is 2. The van der Waals surface area contributed by atoms with Crippen molar-refractivity contribution in [2.75, 3.05) is 33.2 Å². The van der Waals surface area contributed by atoms with Crippen LogP contribution in [0.1, 0.15) is 33.6 Å². The van der Waals surface area contributed by atoms with Gasteiger partial charge in [-0.2, -0.15) is 0 Å². The smallest absolute Gasteiger partial charge is 0.0120 e. The maximum absolute atomic E-state index is 2.71. The second kappa shape index (κ2) is 4.06. The first-order valence-electron chi connectivity index (χ1n) is 6.39. The lowest BCUT2D eigenvalue weighted by molar-refractivity contribution is -0.0237. The Hall–Kier alpha value is -0.0800. The van der Waals surface area contributed by atoms with Crippen molar-refractivity contribution in [1.82, 2.24) is 9.80 Å². The Kier molecular flexibility index (Phi) is 3.09. The van der Waals surface area contributed by atoms with E-state index in [4.69, 9.17) is 0 Å². The summed E-state index contributed by atoms with van der Waals surface area (Å²) in [6.45, 7) is 12.4. The van der Waals surface area contributed by atoms with Gasteiger partial charge in [-0.15, -0.1) is 0 Å². The van der Waals surface area contributed by atoms with Crippen molar-refractivity contribution in [3.63, 3.8) is 0 Å². The lowest BCUT2D eigenvalue weighted by Gasteiger charge is -2.51. The van der Waals surface area contributed by atoms with E-state index in [-0.39, 0.29) is 0 Å². The number of rotatable bonds is 1. The van der Waals surface area contributed by atoms with Crippen LogP contribution < -0.4 is 0 Å². The fourth-order valence-electron chi connectivity index (χ4n) is 2.72. The van der Waals surface area contributed by atoms with E-state index in [1.165, 1.54) is 39.0 Å². The van der Waals surface area contributed by atoms with E-state index in [0.29, 0.717) is 5.41 Å². The molecule has 0 saturated carbocycles. The molecule has 2 rings (SSSR count). The van der Waals surface area contributed by atoms with E-state index in [0.717, 1.165) is 12.0 Å². The number of piperidine rings is 1. The van der Waals surface area contributed by atoms with E-state index in [1.807, 2.05) is 0 Å². The molecular weight excluding hydrogens is 184 g/mol. The average molecular weight is 210 g/mol. The van der Waals surface area contributed by atoms with Crippen LogP contribution in [0.15, 0.2) is 0 Å². The van der Waals surface area contributed by atoms with Gasteiger partial charge >= 0.3 is 0 Å². The Morgan fingerprint density at radius 1 is 1.00 bits per heavy atom. The minimum Gasteiger partial charge on any atom is -0.306 e. The minimum absolute atomic E-state index is 0.516. The summed E-state index contributed by atoms with van der Waals surface area (Å²) >= 11 is 0. The molecule has 2 heterocycles. The molecule has 2 nitrogen and oxygen atoms in total. The second-order valence-electron chi connectivity index (χ2n) is 6.55. The molecule has 0 atom stereocenters. The SMILES string of the molecule is CN1CCC(N2CC(C(C)(C)C)C2)CC1. The van der Waals surface area contributed by atoms with Crippen molar-refractivity contribution in [1.29, 1.82) is 0 Å². The van der Waals surface area contributed by atoms with E-state index in [1.54, 1.807) is 0 Å². The van der Waals surface area contributed by atoms with Crippen LogP contribution in [0.4, 0.5) is 0 Å². The Balaban J connectivity index is 1.75. The van der Waals surface area contributed by atoms with Gasteiger partial charge < -0.3 is 4.90 Å². The molecule has 88 valence electrons. The van der Waals surface area contributed by atoms with Crippen molar-refractivity contribution >= 4 is 0 Å². The summed E-state index contributed by atoms with van der Waals surface area (Å²) in [5.74, 6) is 0.928. The summed E-state index contributed by atoms with van der Waals surface area (Å²) < 4.78 is 0. The van der Waals surface area contributed by atoms with Crippen LogP contribution in [-0.4, -0.2) is 49.1 Å². The normalized spacial score (nSPS) is 28.0. The third-order valence-corrected chi connectivity index (χ3v) is 4.34. The summed E-state index contributed by atoms with van der Waals surface area (Å²) in [5.41, 5.74) is 0.516. The summed E-state index contributed by atoms with van der Waals surface area (Å²) in [4.78, 5) is 5.17. The minimum atomic E-state index is 0.516. The van der Waals surface area contributed by atoms with Gasteiger partial charge in [-0.1, -0.05) is 20.8 Å². The summed E-state index contributed by atoms with van der Waals surface area (Å²) in [6, 6.07) is 0.889. The van der Waals surface area contributed by atoms with Crippen LogP contribution in [0.2, 0.25) is 0 Å². The third kappa shape index (κ3) is 2.54. The quantitative estimate of drug-likeness (QED) is 0.653. The van der Waals surface area contributed by atoms with Gasteiger partial charge in [0.2, 0.25) is 0 Å². The second-order valence-corrected chi connectivity index (χ2v) is 6.55. The Morgan fingerprint density at radius 3 is 2.00 bits per heavy atom. The van der Waals surface area contributed by atoms with Crippen LogP contribution in [0.3, 0.4) is 0 Å². The zero-order chi connectivity index (χ0) is 11.1. The van der Waals surface area contributed by atoms with Crippen molar-refractivity contribution in [3.8, 4) is 0 Å². The van der Waals surface area contributed by atoms with Crippen LogP contribution in [0, 0.1) is 11.3 Å². The summed E-state index contributed by atoms with van der Waals surface area (Å²) in [7, 11) is 2.24. The molecule has 2 fully saturated rings. The fraction of sp³-hybridized carbons (Fsp3) is 1.00. The van der Waals surface area contributed by atoms with Crippen LogP contribution in [0.5, 0.6) is 0 Å². The lowest BCUT2D eigenvalue weighted by atomic mass is 9.75. The van der Waals surface area contributed by atoms with Crippen LogP contribution in [0.25, 0.3) is 0 Å². The number of hydrogen-bond acceptors (Lipinski definition) is 2. The molecule has 0 amide bonds. The van der Waals surface area contributed by atoms with Crippen molar-refractivity contribution in [2.45, 2.75) is 39.7 Å². The third-order valence-electron chi connectivity index (χ3n) is 4.34. The standard InChI is InChI=1S/C13H26N2/c1-13(2,3)11-9-15(10-11)12-5-7-14(4)8-6-12/h11-12H,5-10H2,1-4H3. The van der Waals surface area contributed by atoms with Gasteiger partial charge in [-0.3, -0.25) is 4.90 Å². The molecule has 0 aromatic rings. The van der Waals surface area contributed by atoms with E-state index in [2.05, 4.69) is 37.6 Å². The molecule has 0 unspecified atom stereocenters. The van der Waals surface area contributed by atoms with Gasteiger partial charge in [-0.25, -0.2) is 0 Å². The van der Waals surface area contributed by atoms with Crippen molar-refractivity contribution in [2.24, 2.45) is 11.3 Å². The molecule has 0 N–H and O–H groups in total. The zero-order valence-corrected chi connectivity index (χ0v) is 10.8.